The lowest BCUT2D eigenvalue weighted by molar-refractivity contribution is 0.00355. The second-order valence-electron chi connectivity index (χ2n) is 4.70. The highest BCUT2D eigenvalue weighted by Crippen LogP contribution is 2.18. The monoisotopic (exact) mass is 248 g/mol. The number of amides is 1. The summed E-state index contributed by atoms with van der Waals surface area (Å²) in [6.45, 7) is 5.92. The molecule has 2 rings (SSSR count). The number of carbonyl (C=O) groups excluding carboxylic acids is 1. The van der Waals surface area contributed by atoms with Gasteiger partial charge >= 0.3 is 0 Å². The van der Waals surface area contributed by atoms with Gasteiger partial charge in [0, 0.05) is 24.8 Å². The van der Waals surface area contributed by atoms with Gasteiger partial charge in [-0.25, -0.2) is 0 Å². The zero-order chi connectivity index (χ0) is 13.1. The maximum absolute atomic E-state index is 12.5. The first-order chi connectivity index (χ1) is 8.63. The van der Waals surface area contributed by atoms with Crippen LogP contribution >= 0.6 is 0 Å². The Morgan fingerprint density at radius 2 is 2.28 bits per heavy atom. The van der Waals surface area contributed by atoms with E-state index in [0.29, 0.717) is 19.8 Å². The number of morpholine rings is 1. The molecule has 0 saturated carbocycles. The first-order valence-corrected chi connectivity index (χ1v) is 6.30. The van der Waals surface area contributed by atoms with E-state index >= 15 is 0 Å². The topological polar surface area (TPSA) is 41.6 Å². The summed E-state index contributed by atoms with van der Waals surface area (Å²) in [6.07, 6.45) is 0. The Labute approximate surface area is 108 Å². The SMILES string of the molecule is CNc1ccc(C(=O)N2CCOCC2C)c(C)c1. The summed E-state index contributed by atoms with van der Waals surface area (Å²) in [5.74, 6) is 0.103. The van der Waals surface area contributed by atoms with E-state index in [1.807, 2.05) is 44.0 Å². The van der Waals surface area contributed by atoms with Crippen LogP contribution in [0.25, 0.3) is 0 Å². The van der Waals surface area contributed by atoms with Gasteiger partial charge in [-0.05, 0) is 37.6 Å². The molecule has 1 aliphatic heterocycles. The minimum Gasteiger partial charge on any atom is -0.388 e. The molecule has 0 aromatic heterocycles. The molecule has 98 valence electrons. The molecule has 1 amide bonds. The van der Waals surface area contributed by atoms with Crippen molar-refractivity contribution in [1.82, 2.24) is 4.90 Å². The van der Waals surface area contributed by atoms with E-state index < -0.39 is 0 Å². The van der Waals surface area contributed by atoms with E-state index in [-0.39, 0.29) is 11.9 Å². The summed E-state index contributed by atoms with van der Waals surface area (Å²) in [4.78, 5) is 14.4. The number of hydrogen-bond acceptors (Lipinski definition) is 3. The third-order valence-corrected chi connectivity index (χ3v) is 3.37. The van der Waals surface area contributed by atoms with Gasteiger partial charge in [-0.3, -0.25) is 4.79 Å². The molecule has 1 aromatic rings. The fraction of sp³-hybridized carbons (Fsp3) is 0.500. The summed E-state index contributed by atoms with van der Waals surface area (Å²) in [6, 6.07) is 5.98. The lowest BCUT2D eigenvalue weighted by atomic mass is 10.1. The van der Waals surface area contributed by atoms with Crippen LogP contribution in [-0.2, 0) is 4.74 Å². The molecule has 4 heteroatoms. The largest absolute Gasteiger partial charge is 0.388 e. The Morgan fingerprint density at radius 1 is 1.50 bits per heavy atom. The molecule has 0 aliphatic carbocycles. The number of nitrogens with one attached hydrogen (secondary N) is 1. The van der Waals surface area contributed by atoms with Crippen LogP contribution in [0.2, 0.25) is 0 Å². The normalized spacial score (nSPS) is 19.7. The quantitative estimate of drug-likeness (QED) is 0.869. The smallest absolute Gasteiger partial charge is 0.254 e. The molecule has 18 heavy (non-hydrogen) atoms. The molecule has 1 fully saturated rings. The van der Waals surface area contributed by atoms with Crippen molar-refractivity contribution in [2.45, 2.75) is 19.9 Å². The molecule has 1 heterocycles. The minimum atomic E-state index is 0.103. The fourth-order valence-corrected chi connectivity index (χ4v) is 2.24. The van der Waals surface area contributed by atoms with Gasteiger partial charge in [0.05, 0.1) is 19.3 Å². The molecule has 1 unspecified atom stereocenters. The molecular weight excluding hydrogens is 228 g/mol. The standard InChI is InChI=1S/C14H20N2O2/c1-10-8-12(15-3)4-5-13(10)14(17)16-6-7-18-9-11(16)2/h4-5,8,11,15H,6-7,9H2,1-3H3. The van der Waals surface area contributed by atoms with Gasteiger partial charge in [0.1, 0.15) is 0 Å². The Bertz CT molecular complexity index is 445. The molecule has 1 aromatic carbocycles. The second kappa shape index (κ2) is 5.40. The Balaban J connectivity index is 2.22. The van der Waals surface area contributed by atoms with Crippen LogP contribution in [0.5, 0.6) is 0 Å². The predicted octanol–water partition coefficient (Wildman–Crippen LogP) is 1.90. The molecule has 0 radical (unpaired) electrons. The van der Waals surface area contributed by atoms with Crippen LogP contribution in [0.1, 0.15) is 22.8 Å². The van der Waals surface area contributed by atoms with Crippen molar-refractivity contribution in [1.29, 1.82) is 0 Å². The lowest BCUT2D eigenvalue weighted by Gasteiger charge is -2.33. The molecule has 0 spiro atoms. The highest BCUT2D eigenvalue weighted by atomic mass is 16.5. The molecule has 1 N–H and O–H groups in total. The van der Waals surface area contributed by atoms with Gasteiger partial charge < -0.3 is 15.0 Å². The van der Waals surface area contributed by atoms with E-state index in [1.165, 1.54) is 0 Å². The molecule has 1 atom stereocenters. The molecule has 1 saturated heterocycles. The second-order valence-corrected chi connectivity index (χ2v) is 4.70. The zero-order valence-electron chi connectivity index (χ0n) is 11.2. The Kier molecular flexibility index (Phi) is 3.87. The Morgan fingerprint density at radius 3 is 2.89 bits per heavy atom. The molecule has 1 aliphatic rings. The van der Waals surface area contributed by atoms with Crippen molar-refractivity contribution in [2.75, 3.05) is 32.1 Å². The van der Waals surface area contributed by atoms with E-state index in [1.54, 1.807) is 0 Å². The average Bonchev–Trinajstić information content (AvgIpc) is 2.38. The van der Waals surface area contributed by atoms with E-state index in [2.05, 4.69) is 5.32 Å². The van der Waals surface area contributed by atoms with Crippen molar-refractivity contribution >= 4 is 11.6 Å². The van der Waals surface area contributed by atoms with Crippen molar-refractivity contribution in [3.63, 3.8) is 0 Å². The van der Waals surface area contributed by atoms with Crippen molar-refractivity contribution in [3.05, 3.63) is 29.3 Å². The number of anilines is 1. The van der Waals surface area contributed by atoms with Gasteiger partial charge in [0.25, 0.3) is 5.91 Å². The summed E-state index contributed by atoms with van der Waals surface area (Å²) >= 11 is 0. The van der Waals surface area contributed by atoms with Crippen LogP contribution in [0.4, 0.5) is 5.69 Å². The predicted molar refractivity (Wildman–Crippen MR) is 72.0 cm³/mol. The van der Waals surface area contributed by atoms with Crippen molar-refractivity contribution in [2.24, 2.45) is 0 Å². The summed E-state index contributed by atoms with van der Waals surface area (Å²) in [5, 5.41) is 3.08. The number of rotatable bonds is 2. The molecular formula is C14H20N2O2. The summed E-state index contributed by atoms with van der Waals surface area (Å²) in [5.41, 5.74) is 2.81. The van der Waals surface area contributed by atoms with Crippen LogP contribution in [0, 0.1) is 6.92 Å². The average molecular weight is 248 g/mol. The van der Waals surface area contributed by atoms with Gasteiger partial charge in [-0.2, -0.15) is 0 Å². The summed E-state index contributed by atoms with van der Waals surface area (Å²) in [7, 11) is 1.88. The minimum absolute atomic E-state index is 0.103. The van der Waals surface area contributed by atoms with Crippen LogP contribution in [-0.4, -0.2) is 43.7 Å². The highest BCUT2D eigenvalue weighted by Gasteiger charge is 2.25. The Hall–Kier alpha value is -1.55. The number of carbonyl (C=O) groups is 1. The summed E-state index contributed by atoms with van der Waals surface area (Å²) < 4.78 is 5.36. The third kappa shape index (κ3) is 2.48. The number of aryl methyl sites for hydroxylation is 1. The molecule has 0 bridgehead atoms. The van der Waals surface area contributed by atoms with E-state index in [0.717, 1.165) is 16.8 Å². The third-order valence-electron chi connectivity index (χ3n) is 3.37. The lowest BCUT2D eigenvalue weighted by Crippen LogP contribution is -2.47. The first kappa shape index (κ1) is 12.9. The van der Waals surface area contributed by atoms with Crippen LogP contribution in [0.3, 0.4) is 0 Å². The van der Waals surface area contributed by atoms with E-state index in [4.69, 9.17) is 4.74 Å². The maximum atomic E-state index is 12.5. The first-order valence-electron chi connectivity index (χ1n) is 6.30. The maximum Gasteiger partial charge on any atom is 0.254 e. The van der Waals surface area contributed by atoms with Gasteiger partial charge in [0.15, 0.2) is 0 Å². The van der Waals surface area contributed by atoms with E-state index in [9.17, 15) is 4.79 Å². The van der Waals surface area contributed by atoms with Gasteiger partial charge in [-0.15, -0.1) is 0 Å². The molecule has 4 nitrogen and oxygen atoms in total. The van der Waals surface area contributed by atoms with Gasteiger partial charge in [-0.1, -0.05) is 0 Å². The van der Waals surface area contributed by atoms with Crippen LogP contribution in [0.15, 0.2) is 18.2 Å². The van der Waals surface area contributed by atoms with Crippen molar-refractivity contribution in [3.8, 4) is 0 Å². The number of hydrogen-bond donors (Lipinski definition) is 1. The number of benzene rings is 1. The fourth-order valence-electron chi connectivity index (χ4n) is 2.24. The van der Waals surface area contributed by atoms with Crippen LogP contribution < -0.4 is 5.32 Å². The van der Waals surface area contributed by atoms with Gasteiger partial charge in [0.2, 0.25) is 0 Å². The number of ether oxygens (including phenoxy) is 1. The van der Waals surface area contributed by atoms with Crippen molar-refractivity contribution < 1.29 is 9.53 Å². The number of nitrogens with zero attached hydrogens (tertiary/aromatic N) is 1. The highest BCUT2D eigenvalue weighted by molar-refractivity contribution is 5.96. The zero-order valence-corrected chi connectivity index (χ0v) is 11.2.